The van der Waals surface area contributed by atoms with Crippen molar-refractivity contribution >= 4 is 59.1 Å². The summed E-state index contributed by atoms with van der Waals surface area (Å²) in [4.78, 5) is 136. The number of nitrogens with one attached hydrogen (secondary N) is 6. The summed E-state index contributed by atoms with van der Waals surface area (Å²) in [5, 5.41) is 25.3. The molecule has 1 aliphatic rings. The number of aliphatic hydroxyl groups excluding tert-OH is 1. The molecular weight excluding hydrogens is 1000 g/mol. The van der Waals surface area contributed by atoms with E-state index in [1.807, 2.05) is 30.3 Å². The van der Waals surface area contributed by atoms with Crippen molar-refractivity contribution in [2.75, 3.05) is 32.8 Å². The summed E-state index contributed by atoms with van der Waals surface area (Å²) in [5.74, 6) is -9.52. The average Bonchev–Trinajstić information content (AvgIpc) is 3.94. The largest absolute Gasteiger partial charge is 0.387 e. The lowest BCUT2D eigenvalue weighted by molar-refractivity contribution is -0.141. The number of primary amides is 1. The van der Waals surface area contributed by atoms with E-state index in [2.05, 4.69) is 36.9 Å². The quantitative estimate of drug-likeness (QED) is 0.0314. The van der Waals surface area contributed by atoms with E-state index in [-0.39, 0.29) is 50.1 Å². The maximum absolute atomic E-state index is 15.4. The van der Waals surface area contributed by atoms with Crippen molar-refractivity contribution in [2.24, 2.45) is 11.1 Å². The number of hydrogen-bond donors (Lipinski definition) is 8. The zero-order valence-corrected chi connectivity index (χ0v) is 43.1. The van der Waals surface area contributed by atoms with Gasteiger partial charge in [-0.15, -0.1) is 0 Å². The third-order valence-corrected chi connectivity index (χ3v) is 12.2. The highest BCUT2D eigenvalue weighted by Gasteiger charge is 2.38. The summed E-state index contributed by atoms with van der Waals surface area (Å²) >= 11 is 0. The Labute approximate surface area is 442 Å². The van der Waals surface area contributed by atoms with Crippen LogP contribution in [-0.2, 0) is 60.9 Å². The minimum Gasteiger partial charge on any atom is -0.387 e. The van der Waals surface area contributed by atoms with Crippen molar-refractivity contribution < 1.29 is 61.8 Å². The summed E-state index contributed by atoms with van der Waals surface area (Å²) in [6.07, 6.45) is 5.40. The predicted molar refractivity (Wildman–Crippen MR) is 274 cm³/mol. The van der Waals surface area contributed by atoms with Gasteiger partial charge in [0.05, 0.1) is 18.9 Å². The van der Waals surface area contributed by atoms with Crippen molar-refractivity contribution in [3.05, 3.63) is 126 Å². The number of nitrogens with zero attached hydrogens (tertiary/aromatic N) is 4. The van der Waals surface area contributed by atoms with E-state index in [0.29, 0.717) is 16.2 Å². The highest BCUT2D eigenvalue weighted by atomic mass is 19.1. The molecule has 0 spiro atoms. The molecule has 0 saturated heterocycles. The zero-order valence-electron chi connectivity index (χ0n) is 43.1. The van der Waals surface area contributed by atoms with Crippen LogP contribution in [0.15, 0.2) is 97.5 Å². The smallest absolute Gasteiger partial charge is 0.254 e. The maximum Gasteiger partial charge on any atom is 0.254 e. The Morgan fingerprint density at radius 1 is 0.740 bits per heavy atom. The lowest BCUT2D eigenvalue weighted by Gasteiger charge is -2.41. The van der Waals surface area contributed by atoms with Crippen molar-refractivity contribution in [3.63, 3.8) is 0 Å². The standard InChI is InChI=1S/C53H63F2N11O11/c1-31(60-42(68)23-33-15-18-57-19-16-33)50(75)61-32(2)51(76)63-40(49(56)74)26-43(69)62-39(52(77)59-21-20-58-44(70)29-66-45(71)13-14-46(66)72)17-22-65(47(73)30-67)48(53(3,4)5)41-24-35(37-25-36(54)11-12-38(37)55)28-64(41)27-34-9-7-6-8-10-34/h6-16,18-19,24-25,28,31-32,39-40,48,67H,17,20-23,26-27,29-30H2,1-5H3,(H2,56,74)(H,58,70)(H,59,77)(H,60,68)(H,61,75)(H,62,69)(H,63,76). The Balaban J connectivity index is 1.36. The number of amides is 10. The molecule has 0 saturated carbocycles. The van der Waals surface area contributed by atoms with Crippen LogP contribution in [0.25, 0.3) is 11.1 Å². The third kappa shape index (κ3) is 17.2. The minimum atomic E-state index is -1.70. The van der Waals surface area contributed by atoms with Gasteiger partial charge in [0.15, 0.2) is 0 Å². The van der Waals surface area contributed by atoms with Gasteiger partial charge in [-0.2, -0.15) is 0 Å². The molecule has 0 radical (unpaired) electrons. The molecule has 5 rings (SSSR count). The van der Waals surface area contributed by atoms with E-state index >= 15 is 4.39 Å². The Kier molecular flexibility index (Phi) is 20.9. The van der Waals surface area contributed by atoms with Crippen molar-refractivity contribution in [1.82, 2.24) is 51.3 Å². The van der Waals surface area contributed by atoms with E-state index in [1.165, 1.54) is 31.1 Å². The van der Waals surface area contributed by atoms with Crippen LogP contribution >= 0.6 is 0 Å². The topological polar surface area (TPSA) is 313 Å². The van der Waals surface area contributed by atoms with Crippen LogP contribution in [0, 0.1) is 17.0 Å². The Morgan fingerprint density at radius 3 is 2.01 bits per heavy atom. The van der Waals surface area contributed by atoms with Gasteiger partial charge in [0.1, 0.15) is 49.0 Å². The minimum absolute atomic E-state index is 0.0473. The molecule has 2 aromatic carbocycles. The molecule has 9 N–H and O–H groups in total. The summed E-state index contributed by atoms with van der Waals surface area (Å²) in [6, 6.07) is 10.4. The van der Waals surface area contributed by atoms with E-state index in [9.17, 15) is 57.4 Å². The zero-order chi connectivity index (χ0) is 56.6. The number of carbonyl (C=O) groups is 10. The van der Waals surface area contributed by atoms with E-state index in [4.69, 9.17) is 5.73 Å². The molecule has 0 fully saturated rings. The van der Waals surface area contributed by atoms with Gasteiger partial charge in [-0.1, -0.05) is 51.1 Å². The number of benzene rings is 2. The normalized spacial score (nSPS) is 14.1. The molecular formula is C53H63F2N11O11. The van der Waals surface area contributed by atoms with E-state index in [1.54, 1.807) is 49.7 Å². The Hall–Kier alpha value is -8.67. The van der Waals surface area contributed by atoms with Crippen molar-refractivity contribution in [3.8, 4) is 11.1 Å². The molecule has 2 aromatic heterocycles. The number of imide groups is 1. The molecule has 5 unspecified atom stereocenters. The molecule has 22 nitrogen and oxygen atoms in total. The lowest BCUT2D eigenvalue weighted by Crippen LogP contribution is -2.56. The van der Waals surface area contributed by atoms with Gasteiger partial charge in [-0.25, -0.2) is 8.78 Å². The lowest BCUT2D eigenvalue weighted by atomic mass is 9.82. The summed E-state index contributed by atoms with van der Waals surface area (Å²) in [7, 11) is 0. The number of nitrogens with two attached hydrogens (primary N) is 1. The van der Waals surface area contributed by atoms with Crippen LogP contribution in [-0.4, -0.2) is 140 Å². The molecule has 3 heterocycles. The number of hydrogen-bond acceptors (Lipinski definition) is 12. The Bertz CT molecular complexity index is 2840. The molecule has 10 amide bonds. The first-order chi connectivity index (χ1) is 36.4. The molecule has 1 aliphatic heterocycles. The van der Waals surface area contributed by atoms with Gasteiger partial charge < -0.3 is 52.2 Å². The predicted octanol–water partition coefficient (Wildman–Crippen LogP) is 0.429. The van der Waals surface area contributed by atoms with Crippen molar-refractivity contribution in [2.45, 2.75) is 90.6 Å². The second kappa shape index (κ2) is 27.2. The number of pyridine rings is 1. The fourth-order valence-corrected chi connectivity index (χ4v) is 8.34. The fraction of sp³-hybridized carbons (Fsp3) is 0.377. The summed E-state index contributed by atoms with van der Waals surface area (Å²) in [5.41, 5.74) is 6.83. The number of carbonyl (C=O) groups excluding carboxylic acids is 10. The van der Waals surface area contributed by atoms with E-state index < -0.39 is 126 Å². The van der Waals surface area contributed by atoms with Crippen LogP contribution in [0.2, 0.25) is 0 Å². The molecule has 4 aromatic rings. The van der Waals surface area contributed by atoms with Gasteiger partial charge in [0.2, 0.25) is 47.3 Å². The van der Waals surface area contributed by atoms with Crippen LogP contribution < -0.4 is 37.6 Å². The first kappa shape index (κ1) is 59.2. The van der Waals surface area contributed by atoms with Gasteiger partial charge in [0.25, 0.3) is 11.8 Å². The van der Waals surface area contributed by atoms with Gasteiger partial charge in [0, 0.05) is 73.7 Å². The molecule has 0 bridgehead atoms. The highest BCUT2D eigenvalue weighted by Crippen LogP contribution is 2.41. The Morgan fingerprint density at radius 2 is 1.38 bits per heavy atom. The van der Waals surface area contributed by atoms with Crippen molar-refractivity contribution in [1.29, 1.82) is 0 Å². The molecule has 24 heteroatoms. The first-order valence-corrected chi connectivity index (χ1v) is 24.5. The number of aromatic nitrogens is 2. The molecule has 0 aliphatic carbocycles. The number of rotatable bonds is 26. The number of aliphatic hydroxyl groups is 1. The second-order valence-electron chi connectivity index (χ2n) is 19.3. The van der Waals surface area contributed by atoms with Gasteiger partial charge >= 0.3 is 0 Å². The molecule has 77 heavy (non-hydrogen) atoms. The SMILES string of the molecule is CC(NC(=O)Cc1ccncc1)C(=O)NC(C)C(=O)NC(CC(=O)NC(CCN(C(=O)CO)C(c1cc(-c2cc(F)ccc2F)cn1Cc1ccccc1)C(C)(C)C)C(=O)NCCNC(=O)CN1C(=O)C=CC1=O)C(N)=O. The van der Waals surface area contributed by atoms with Crippen LogP contribution in [0.5, 0.6) is 0 Å². The summed E-state index contributed by atoms with van der Waals surface area (Å²) in [6.45, 7) is 5.86. The van der Waals surface area contributed by atoms with Crippen LogP contribution in [0.4, 0.5) is 8.78 Å². The fourth-order valence-electron chi connectivity index (χ4n) is 8.34. The maximum atomic E-state index is 15.4. The molecule has 410 valence electrons. The van der Waals surface area contributed by atoms with Crippen LogP contribution in [0.3, 0.4) is 0 Å². The first-order valence-electron chi connectivity index (χ1n) is 24.5. The number of halogens is 2. The van der Waals surface area contributed by atoms with Crippen LogP contribution in [0.1, 0.15) is 70.3 Å². The van der Waals surface area contributed by atoms with Gasteiger partial charge in [-0.05, 0) is 73.2 Å². The highest BCUT2D eigenvalue weighted by molar-refractivity contribution is 6.14. The second-order valence-corrected chi connectivity index (χ2v) is 19.3. The van der Waals surface area contributed by atoms with E-state index in [0.717, 1.165) is 35.9 Å². The third-order valence-electron chi connectivity index (χ3n) is 12.2. The monoisotopic (exact) mass is 1070 g/mol. The summed E-state index contributed by atoms with van der Waals surface area (Å²) < 4.78 is 31.7. The average molecular weight is 1070 g/mol. The van der Waals surface area contributed by atoms with Gasteiger partial charge in [-0.3, -0.25) is 57.8 Å². The molecule has 5 atom stereocenters.